The molecule has 8 heteroatoms. The molecule has 0 saturated carbocycles. The molecule has 1 atom stereocenters. The van der Waals surface area contributed by atoms with Crippen molar-refractivity contribution in [3.8, 4) is 0 Å². The molecule has 0 saturated heterocycles. The Morgan fingerprint density at radius 1 is 1.22 bits per heavy atom. The normalized spacial score (nSPS) is 13.9. The highest BCUT2D eigenvalue weighted by atomic mass is 19.4. The number of halogens is 4. The SMILES string of the molecule is OC[C@@H](O)CN(CCC(F)(F)F)Cc1cc2cc(F)ccc2o1. The minimum Gasteiger partial charge on any atom is -0.460 e. The van der Waals surface area contributed by atoms with Crippen LogP contribution in [0.4, 0.5) is 17.6 Å². The van der Waals surface area contributed by atoms with Crippen molar-refractivity contribution in [2.24, 2.45) is 0 Å². The van der Waals surface area contributed by atoms with Gasteiger partial charge >= 0.3 is 6.18 Å². The molecule has 23 heavy (non-hydrogen) atoms. The maximum atomic E-state index is 13.1. The van der Waals surface area contributed by atoms with E-state index in [1.54, 1.807) is 6.07 Å². The lowest BCUT2D eigenvalue weighted by Crippen LogP contribution is -2.36. The Morgan fingerprint density at radius 2 is 1.96 bits per heavy atom. The average molecular weight is 335 g/mol. The Labute approximate surface area is 129 Å². The summed E-state index contributed by atoms with van der Waals surface area (Å²) in [4.78, 5) is 1.34. The van der Waals surface area contributed by atoms with Crippen LogP contribution in [0.2, 0.25) is 0 Å². The molecule has 0 aliphatic carbocycles. The van der Waals surface area contributed by atoms with Gasteiger partial charge in [0.05, 0.1) is 25.7 Å². The number of rotatable bonds is 7. The number of hydrogen-bond acceptors (Lipinski definition) is 4. The highest BCUT2D eigenvalue weighted by Crippen LogP contribution is 2.23. The third kappa shape index (κ3) is 5.49. The smallest absolute Gasteiger partial charge is 0.390 e. The van der Waals surface area contributed by atoms with Crippen molar-refractivity contribution in [2.45, 2.75) is 25.2 Å². The number of aliphatic hydroxyl groups excluding tert-OH is 2. The zero-order chi connectivity index (χ0) is 17.0. The fraction of sp³-hybridized carbons (Fsp3) is 0.467. The molecule has 0 fully saturated rings. The van der Waals surface area contributed by atoms with Crippen LogP contribution in [0, 0.1) is 5.82 Å². The molecule has 1 aromatic carbocycles. The van der Waals surface area contributed by atoms with Crippen LogP contribution in [-0.4, -0.2) is 47.1 Å². The van der Waals surface area contributed by atoms with Gasteiger partial charge in [0, 0.05) is 18.5 Å². The molecule has 0 bridgehead atoms. The molecular weight excluding hydrogens is 318 g/mol. The summed E-state index contributed by atoms with van der Waals surface area (Å²) in [5.74, 6) is -0.0765. The van der Waals surface area contributed by atoms with Gasteiger partial charge in [-0.05, 0) is 24.3 Å². The van der Waals surface area contributed by atoms with Gasteiger partial charge in [-0.1, -0.05) is 0 Å². The third-order valence-corrected chi connectivity index (χ3v) is 3.30. The Kier molecular flexibility index (Phi) is 5.61. The fourth-order valence-corrected chi connectivity index (χ4v) is 2.24. The zero-order valence-electron chi connectivity index (χ0n) is 12.2. The average Bonchev–Trinajstić information content (AvgIpc) is 2.85. The predicted molar refractivity (Wildman–Crippen MR) is 75.2 cm³/mol. The van der Waals surface area contributed by atoms with Crippen LogP contribution in [0.25, 0.3) is 11.0 Å². The maximum Gasteiger partial charge on any atom is 0.390 e. The molecule has 4 nitrogen and oxygen atoms in total. The van der Waals surface area contributed by atoms with Crippen LogP contribution in [0.5, 0.6) is 0 Å². The van der Waals surface area contributed by atoms with Crippen molar-refractivity contribution in [3.05, 3.63) is 35.8 Å². The van der Waals surface area contributed by atoms with E-state index < -0.39 is 31.1 Å². The van der Waals surface area contributed by atoms with E-state index in [1.807, 2.05) is 0 Å². The molecule has 0 radical (unpaired) electrons. The highest BCUT2D eigenvalue weighted by molar-refractivity contribution is 5.77. The van der Waals surface area contributed by atoms with Gasteiger partial charge in [0.15, 0.2) is 0 Å². The van der Waals surface area contributed by atoms with E-state index in [4.69, 9.17) is 9.52 Å². The Bertz CT molecular complexity index is 641. The second kappa shape index (κ2) is 7.29. The lowest BCUT2D eigenvalue weighted by molar-refractivity contribution is -0.139. The molecule has 1 aromatic heterocycles. The van der Waals surface area contributed by atoms with Crippen molar-refractivity contribution in [1.29, 1.82) is 0 Å². The number of furan rings is 1. The van der Waals surface area contributed by atoms with Crippen molar-refractivity contribution >= 4 is 11.0 Å². The first-order valence-electron chi connectivity index (χ1n) is 7.03. The fourth-order valence-electron chi connectivity index (χ4n) is 2.24. The van der Waals surface area contributed by atoms with Gasteiger partial charge in [-0.3, -0.25) is 4.90 Å². The van der Waals surface area contributed by atoms with E-state index in [9.17, 15) is 22.7 Å². The molecular formula is C15H17F4NO3. The number of hydrogen-bond donors (Lipinski definition) is 2. The first kappa shape index (κ1) is 17.7. The molecule has 2 rings (SSSR count). The molecule has 2 N–H and O–H groups in total. The number of nitrogens with zero attached hydrogens (tertiary/aromatic N) is 1. The van der Waals surface area contributed by atoms with E-state index in [-0.39, 0.29) is 19.6 Å². The van der Waals surface area contributed by atoms with E-state index >= 15 is 0 Å². The Hall–Kier alpha value is -1.64. The molecule has 1 heterocycles. The Balaban J connectivity index is 2.10. The largest absolute Gasteiger partial charge is 0.460 e. The van der Waals surface area contributed by atoms with Gasteiger partial charge in [-0.25, -0.2) is 4.39 Å². The minimum absolute atomic E-state index is 0.0173. The first-order valence-corrected chi connectivity index (χ1v) is 7.03. The van der Waals surface area contributed by atoms with E-state index in [0.717, 1.165) is 0 Å². The minimum atomic E-state index is -4.32. The molecule has 0 unspecified atom stereocenters. The standard InChI is InChI=1S/C15H17F4NO3/c16-11-1-2-14-10(5-11)6-13(23-14)8-20(7-12(22)9-21)4-3-15(17,18)19/h1-2,5-6,12,21-22H,3-4,7-9H2/t12-/m0/s1. The quantitative estimate of drug-likeness (QED) is 0.764. The second-order valence-electron chi connectivity index (χ2n) is 5.33. The molecule has 0 aliphatic heterocycles. The van der Waals surface area contributed by atoms with Crippen LogP contribution in [0.15, 0.2) is 28.7 Å². The summed E-state index contributed by atoms with van der Waals surface area (Å²) in [5.41, 5.74) is 0.430. The summed E-state index contributed by atoms with van der Waals surface area (Å²) < 4.78 is 55.8. The number of aliphatic hydroxyl groups is 2. The van der Waals surface area contributed by atoms with Gasteiger partial charge in [-0.15, -0.1) is 0 Å². The lowest BCUT2D eigenvalue weighted by Gasteiger charge is -2.23. The molecule has 2 aromatic rings. The molecule has 0 amide bonds. The van der Waals surface area contributed by atoms with Crippen LogP contribution >= 0.6 is 0 Å². The zero-order valence-corrected chi connectivity index (χ0v) is 12.2. The third-order valence-electron chi connectivity index (χ3n) is 3.30. The van der Waals surface area contributed by atoms with Gasteiger partial charge in [-0.2, -0.15) is 13.2 Å². The molecule has 0 spiro atoms. The van der Waals surface area contributed by atoms with Crippen molar-refractivity contribution in [1.82, 2.24) is 4.90 Å². The summed E-state index contributed by atoms with van der Waals surface area (Å²) in [6.45, 7) is -0.999. The number of fused-ring (bicyclic) bond motifs is 1. The van der Waals surface area contributed by atoms with E-state index in [0.29, 0.717) is 16.7 Å². The highest BCUT2D eigenvalue weighted by Gasteiger charge is 2.28. The van der Waals surface area contributed by atoms with E-state index in [1.165, 1.54) is 23.1 Å². The van der Waals surface area contributed by atoms with Crippen LogP contribution in [-0.2, 0) is 6.54 Å². The van der Waals surface area contributed by atoms with Gasteiger partial charge < -0.3 is 14.6 Å². The van der Waals surface area contributed by atoms with Crippen LogP contribution in [0.1, 0.15) is 12.2 Å². The first-order chi connectivity index (χ1) is 10.8. The van der Waals surface area contributed by atoms with Crippen molar-refractivity contribution in [3.63, 3.8) is 0 Å². The monoisotopic (exact) mass is 335 g/mol. The van der Waals surface area contributed by atoms with Gasteiger partial charge in [0.25, 0.3) is 0 Å². The van der Waals surface area contributed by atoms with Gasteiger partial charge in [0.2, 0.25) is 0 Å². The van der Waals surface area contributed by atoms with Crippen LogP contribution < -0.4 is 0 Å². The van der Waals surface area contributed by atoms with E-state index in [2.05, 4.69) is 0 Å². The summed E-state index contributed by atoms with van der Waals surface area (Å²) in [5, 5.41) is 18.8. The summed E-state index contributed by atoms with van der Waals surface area (Å²) >= 11 is 0. The Morgan fingerprint density at radius 3 is 2.61 bits per heavy atom. The number of alkyl halides is 3. The second-order valence-corrected chi connectivity index (χ2v) is 5.33. The predicted octanol–water partition coefficient (Wildman–Crippen LogP) is 2.68. The topological polar surface area (TPSA) is 56.8 Å². The summed E-state index contributed by atoms with van der Waals surface area (Å²) in [6, 6.07) is 5.48. The molecule has 128 valence electrons. The lowest BCUT2D eigenvalue weighted by atomic mass is 10.2. The van der Waals surface area contributed by atoms with Crippen molar-refractivity contribution < 1.29 is 32.2 Å². The van der Waals surface area contributed by atoms with Crippen LogP contribution in [0.3, 0.4) is 0 Å². The number of benzene rings is 1. The van der Waals surface area contributed by atoms with Crippen molar-refractivity contribution in [2.75, 3.05) is 19.7 Å². The molecule has 0 aliphatic rings. The summed E-state index contributed by atoms with van der Waals surface area (Å²) in [7, 11) is 0. The van der Waals surface area contributed by atoms with Gasteiger partial charge in [0.1, 0.15) is 17.2 Å². The summed E-state index contributed by atoms with van der Waals surface area (Å²) in [6.07, 6.45) is -6.51. The maximum absolute atomic E-state index is 13.1.